The fourth-order valence-corrected chi connectivity index (χ4v) is 0.551. The van der Waals surface area contributed by atoms with Crippen LogP contribution in [0.5, 0.6) is 0 Å². The molecule has 0 aliphatic heterocycles. The van der Waals surface area contributed by atoms with Gasteiger partial charge in [0.1, 0.15) is 5.84 Å². The van der Waals surface area contributed by atoms with Gasteiger partial charge in [0.2, 0.25) is 0 Å². The minimum Gasteiger partial charge on any atom is -0.363 e. The molecule has 0 aromatic rings. The monoisotopic (exact) mass is 126 g/mol. The minimum absolute atomic E-state index is 0.819. The maximum absolute atomic E-state index is 4.17. The first-order valence-corrected chi connectivity index (χ1v) is 3.06. The molecular formula is C7H14N2. The van der Waals surface area contributed by atoms with Crippen molar-refractivity contribution >= 4 is 5.84 Å². The van der Waals surface area contributed by atoms with Gasteiger partial charge in [0.05, 0.1) is 0 Å². The van der Waals surface area contributed by atoms with Gasteiger partial charge in [-0.1, -0.05) is 6.58 Å². The van der Waals surface area contributed by atoms with Crippen LogP contribution in [0.4, 0.5) is 0 Å². The number of amidine groups is 1. The van der Waals surface area contributed by atoms with E-state index in [1.165, 1.54) is 0 Å². The van der Waals surface area contributed by atoms with E-state index in [0.29, 0.717) is 0 Å². The van der Waals surface area contributed by atoms with E-state index in [2.05, 4.69) is 11.6 Å². The molecule has 0 aromatic heterocycles. The lowest BCUT2D eigenvalue weighted by molar-refractivity contribution is 0.623. The minimum atomic E-state index is 0.819. The van der Waals surface area contributed by atoms with Crippen LogP contribution in [0.1, 0.15) is 6.92 Å². The maximum atomic E-state index is 4.17. The molecule has 0 spiro atoms. The number of likely N-dealkylation sites (N-methyl/N-ethyl adjacent to an activating group) is 1. The van der Waals surface area contributed by atoms with Crippen molar-refractivity contribution in [3.8, 4) is 0 Å². The van der Waals surface area contributed by atoms with Crippen molar-refractivity contribution in [1.29, 1.82) is 0 Å². The molecule has 0 saturated carbocycles. The summed E-state index contributed by atoms with van der Waals surface area (Å²) < 4.78 is 0. The molecule has 2 heteroatoms. The molecule has 0 atom stereocenters. The summed E-state index contributed by atoms with van der Waals surface area (Å²) in [6.07, 6.45) is 1.75. The maximum Gasteiger partial charge on any atom is 0.122 e. The molecule has 0 heterocycles. The lowest BCUT2D eigenvalue weighted by Crippen LogP contribution is -2.19. The summed E-state index contributed by atoms with van der Waals surface area (Å²) in [6.45, 7) is 6.45. The second-order valence-corrected chi connectivity index (χ2v) is 1.93. The number of rotatable bonds is 2. The Morgan fingerprint density at radius 3 is 2.33 bits per heavy atom. The quantitative estimate of drug-likeness (QED) is 0.400. The van der Waals surface area contributed by atoms with Crippen molar-refractivity contribution in [2.75, 3.05) is 20.6 Å². The largest absolute Gasteiger partial charge is 0.363 e. The third kappa shape index (κ3) is 2.90. The van der Waals surface area contributed by atoms with Gasteiger partial charge in [0.25, 0.3) is 0 Å². The molecule has 9 heavy (non-hydrogen) atoms. The second kappa shape index (κ2) is 4.13. The van der Waals surface area contributed by atoms with Crippen molar-refractivity contribution in [2.24, 2.45) is 4.99 Å². The van der Waals surface area contributed by atoms with Crippen molar-refractivity contribution in [2.45, 2.75) is 6.92 Å². The highest BCUT2D eigenvalue weighted by molar-refractivity contribution is 5.91. The summed E-state index contributed by atoms with van der Waals surface area (Å²) in [5, 5.41) is 0. The summed E-state index contributed by atoms with van der Waals surface area (Å²) in [7, 11) is 3.91. The van der Waals surface area contributed by atoms with E-state index in [4.69, 9.17) is 0 Å². The second-order valence-electron chi connectivity index (χ2n) is 1.93. The van der Waals surface area contributed by atoms with Crippen LogP contribution in [0.25, 0.3) is 0 Å². The van der Waals surface area contributed by atoms with E-state index in [1.54, 1.807) is 6.08 Å². The molecule has 0 aromatic carbocycles. The fourth-order valence-electron chi connectivity index (χ4n) is 0.551. The van der Waals surface area contributed by atoms with E-state index in [9.17, 15) is 0 Å². The van der Waals surface area contributed by atoms with Crippen molar-refractivity contribution in [3.05, 3.63) is 12.7 Å². The molecular weight excluding hydrogens is 112 g/mol. The Hall–Kier alpha value is -0.790. The molecule has 0 aliphatic carbocycles. The number of aliphatic imine (C=N–C) groups is 1. The van der Waals surface area contributed by atoms with Crippen LogP contribution in [0.15, 0.2) is 17.6 Å². The van der Waals surface area contributed by atoms with Crippen LogP contribution in [0, 0.1) is 0 Å². The molecule has 0 radical (unpaired) electrons. The third-order valence-corrected chi connectivity index (χ3v) is 0.961. The molecule has 0 amide bonds. The number of hydrogen-bond donors (Lipinski definition) is 0. The van der Waals surface area contributed by atoms with Crippen molar-refractivity contribution in [1.82, 2.24) is 4.90 Å². The zero-order chi connectivity index (χ0) is 7.28. The zero-order valence-electron chi connectivity index (χ0n) is 6.39. The lowest BCUT2D eigenvalue weighted by Gasteiger charge is -2.10. The number of hydrogen-bond acceptors (Lipinski definition) is 1. The summed E-state index contributed by atoms with van der Waals surface area (Å²) in [5.74, 6) is 0.942. The zero-order valence-corrected chi connectivity index (χ0v) is 6.39. The van der Waals surface area contributed by atoms with Gasteiger partial charge in [-0.15, -0.1) is 0 Å². The van der Waals surface area contributed by atoms with Crippen molar-refractivity contribution in [3.63, 3.8) is 0 Å². The van der Waals surface area contributed by atoms with E-state index in [0.717, 1.165) is 12.4 Å². The average Bonchev–Trinajstić information content (AvgIpc) is 1.82. The molecule has 0 fully saturated rings. The van der Waals surface area contributed by atoms with E-state index in [1.807, 2.05) is 25.9 Å². The molecule has 0 bridgehead atoms. The highest BCUT2D eigenvalue weighted by Gasteiger charge is 1.90. The Kier molecular flexibility index (Phi) is 3.76. The van der Waals surface area contributed by atoms with Crippen LogP contribution in [0.3, 0.4) is 0 Å². The molecule has 0 aliphatic rings. The first-order chi connectivity index (χ1) is 4.22. The van der Waals surface area contributed by atoms with E-state index < -0.39 is 0 Å². The summed E-state index contributed by atoms with van der Waals surface area (Å²) in [6, 6.07) is 0. The number of nitrogens with zero attached hydrogens (tertiary/aromatic N) is 2. The molecule has 52 valence electrons. The molecule has 2 nitrogen and oxygen atoms in total. The Morgan fingerprint density at radius 1 is 1.67 bits per heavy atom. The first-order valence-electron chi connectivity index (χ1n) is 3.06. The fraction of sp³-hybridized carbons (Fsp3) is 0.571. The summed E-state index contributed by atoms with van der Waals surface area (Å²) in [5.41, 5.74) is 0. The van der Waals surface area contributed by atoms with Gasteiger partial charge in [0, 0.05) is 20.6 Å². The first kappa shape index (κ1) is 8.21. The van der Waals surface area contributed by atoms with Gasteiger partial charge < -0.3 is 4.90 Å². The summed E-state index contributed by atoms with van der Waals surface area (Å²) >= 11 is 0. The molecule has 0 rings (SSSR count). The van der Waals surface area contributed by atoms with Gasteiger partial charge in [-0.25, -0.2) is 0 Å². The van der Waals surface area contributed by atoms with Gasteiger partial charge in [-0.05, 0) is 13.0 Å². The highest BCUT2D eigenvalue weighted by atomic mass is 15.1. The Balaban J connectivity index is 3.97. The van der Waals surface area contributed by atoms with Gasteiger partial charge in [0.15, 0.2) is 0 Å². The lowest BCUT2D eigenvalue weighted by atomic mass is 10.5. The van der Waals surface area contributed by atoms with Crippen LogP contribution in [-0.4, -0.2) is 31.4 Å². The predicted molar refractivity (Wildman–Crippen MR) is 41.9 cm³/mol. The summed E-state index contributed by atoms with van der Waals surface area (Å²) in [4.78, 5) is 6.11. The van der Waals surface area contributed by atoms with Crippen LogP contribution < -0.4 is 0 Å². The smallest absolute Gasteiger partial charge is 0.122 e. The van der Waals surface area contributed by atoms with Crippen LogP contribution in [-0.2, 0) is 0 Å². The Bertz CT molecular complexity index is 114. The SMILES string of the molecule is C=C/C(=N\CC)N(C)C. The van der Waals surface area contributed by atoms with E-state index in [-0.39, 0.29) is 0 Å². The highest BCUT2D eigenvalue weighted by Crippen LogP contribution is 1.84. The molecule has 0 saturated heterocycles. The van der Waals surface area contributed by atoms with Gasteiger partial charge in [-0.2, -0.15) is 0 Å². The van der Waals surface area contributed by atoms with E-state index >= 15 is 0 Å². The van der Waals surface area contributed by atoms with Crippen LogP contribution in [0.2, 0.25) is 0 Å². The van der Waals surface area contributed by atoms with Gasteiger partial charge >= 0.3 is 0 Å². The Morgan fingerprint density at radius 2 is 2.22 bits per heavy atom. The van der Waals surface area contributed by atoms with Gasteiger partial charge in [-0.3, -0.25) is 4.99 Å². The standard InChI is InChI=1S/C7H14N2/c1-5-7(8-6-2)9(3)4/h5H,1,6H2,2-4H3/b8-7+. The normalized spacial score (nSPS) is 11.2. The predicted octanol–water partition coefficient (Wildman–Crippen LogP) is 1.15. The topological polar surface area (TPSA) is 15.6 Å². The molecule has 0 unspecified atom stereocenters. The average molecular weight is 126 g/mol. The van der Waals surface area contributed by atoms with Crippen molar-refractivity contribution < 1.29 is 0 Å². The van der Waals surface area contributed by atoms with Crippen LogP contribution >= 0.6 is 0 Å². The Labute approximate surface area is 56.9 Å². The third-order valence-electron chi connectivity index (χ3n) is 0.961. The molecule has 0 N–H and O–H groups in total.